The van der Waals surface area contributed by atoms with Crippen molar-refractivity contribution in [2.24, 2.45) is 0 Å². The topological polar surface area (TPSA) is 0 Å². The van der Waals surface area contributed by atoms with E-state index in [1.165, 1.54) is 182 Å². The zero-order valence-electron chi connectivity index (χ0n) is 43.8. The lowest BCUT2D eigenvalue weighted by molar-refractivity contribution is 0.759. The Bertz CT molecular complexity index is 3510. The molecule has 19 aromatic rings. The molecule has 0 radical (unpaired) electrons. The Morgan fingerprint density at radius 1 is 0.208 bits per heavy atom. The van der Waals surface area contributed by atoms with E-state index in [1.54, 1.807) is 0 Å². The minimum Gasteiger partial charge on any atom is -0.0654 e. The Balaban J connectivity index is 1.26. The van der Waals surface area contributed by atoms with Crippen LogP contribution in [0.4, 0.5) is 0 Å². The van der Waals surface area contributed by atoms with Gasteiger partial charge in [0.15, 0.2) is 0 Å². The predicted molar refractivity (Wildman–Crippen MR) is 321 cm³/mol. The van der Waals surface area contributed by atoms with Gasteiger partial charge in [-0.05, 0) is 196 Å². The Morgan fingerprint density at radius 2 is 0.361 bits per heavy atom. The highest BCUT2D eigenvalue weighted by Crippen LogP contribution is 2.34. The second-order valence-electron chi connectivity index (χ2n) is 20.7. The Hall–Kier alpha value is -7.02. The summed E-state index contributed by atoms with van der Waals surface area (Å²) in [6.45, 7) is 13.7. The van der Waals surface area contributed by atoms with Gasteiger partial charge in [0.05, 0.1) is 0 Å². The summed E-state index contributed by atoms with van der Waals surface area (Å²) >= 11 is 0. The van der Waals surface area contributed by atoms with Crippen LogP contribution in [0.15, 0.2) is 182 Å². The van der Waals surface area contributed by atoms with Crippen LogP contribution >= 0.6 is 0 Å². The molecule has 0 aliphatic carbocycles. The van der Waals surface area contributed by atoms with Gasteiger partial charge in [-0.2, -0.15) is 0 Å². The third-order valence-electron chi connectivity index (χ3n) is 15.7. The summed E-state index contributed by atoms with van der Waals surface area (Å²) in [6, 6.07) is 70.8. The average molecular weight is 937 g/mol. The second-order valence-corrected chi connectivity index (χ2v) is 20.7. The molecule has 0 spiro atoms. The zero-order chi connectivity index (χ0) is 49.6. The van der Waals surface area contributed by atoms with Gasteiger partial charge in [-0.15, -0.1) is 0 Å². The molecule has 19 rings (SSSR count). The maximum Gasteiger partial charge on any atom is -0.0102 e. The average Bonchev–Trinajstić information content (AvgIpc) is 3.43. The summed E-state index contributed by atoms with van der Waals surface area (Å²) in [5.41, 5.74) is 8.64. The van der Waals surface area contributed by atoms with Crippen molar-refractivity contribution in [2.75, 3.05) is 0 Å². The van der Waals surface area contributed by atoms with Crippen molar-refractivity contribution in [3.63, 3.8) is 0 Å². The minimum atomic E-state index is 1.12. The fourth-order valence-corrected chi connectivity index (χ4v) is 11.1. The normalized spacial score (nSPS) is 11.6. The molecule has 12 bridgehead atoms. The van der Waals surface area contributed by atoms with Crippen molar-refractivity contribution in [3.05, 3.63) is 215 Å². The smallest absolute Gasteiger partial charge is 0.0102 e. The van der Waals surface area contributed by atoms with E-state index in [0.717, 1.165) is 25.7 Å². The van der Waals surface area contributed by atoms with Crippen LogP contribution < -0.4 is 0 Å². The highest BCUT2D eigenvalue weighted by atomic mass is 14.2. The van der Waals surface area contributed by atoms with Crippen LogP contribution in [-0.4, -0.2) is 0 Å². The quantitative estimate of drug-likeness (QED) is 0.115. The molecule has 0 nitrogen and oxygen atoms in total. The lowest BCUT2D eigenvalue weighted by Gasteiger charge is -2.13. The van der Waals surface area contributed by atoms with Crippen LogP contribution in [0, 0.1) is 13.8 Å². The molecule has 0 saturated carbocycles. The highest BCUT2D eigenvalue weighted by molar-refractivity contribution is 6.10. The largest absolute Gasteiger partial charge is 0.0654 e. The van der Waals surface area contributed by atoms with Gasteiger partial charge in [-0.1, -0.05) is 235 Å². The monoisotopic (exact) mass is 937 g/mol. The molecule has 0 amide bonds. The van der Waals surface area contributed by atoms with Crippen molar-refractivity contribution < 1.29 is 0 Å². The highest BCUT2D eigenvalue weighted by Gasteiger charge is 2.11. The van der Waals surface area contributed by atoms with Crippen LogP contribution in [0.5, 0.6) is 0 Å². The van der Waals surface area contributed by atoms with E-state index in [0.29, 0.717) is 0 Å². The molecule has 0 saturated heterocycles. The van der Waals surface area contributed by atoms with Gasteiger partial charge in [0.1, 0.15) is 0 Å². The molecular weight excluding hydrogens is 865 g/mol. The summed E-state index contributed by atoms with van der Waals surface area (Å²) in [7, 11) is 0. The second kappa shape index (κ2) is 22.2. The van der Waals surface area contributed by atoms with Crippen molar-refractivity contribution >= 4 is 97.0 Å². The molecule has 19 aromatic carbocycles. The van der Waals surface area contributed by atoms with E-state index in [4.69, 9.17) is 0 Å². The van der Waals surface area contributed by atoms with Crippen LogP contribution in [0.25, 0.3) is 97.0 Å². The summed E-state index contributed by atoms with van der Waals surface area (Å²) in [5.74, 6) is 0. The number of hydrogen-bond acceptors (Lipinski definition) is 0. The van der Waals surface area contributed by atoms with Crippen LogP contribution in [0.1, 0.15) is 112 Å². The molecule has 72 heavy (non-hydrogen) atoms. The van der Waals surface area contributed by atoms with Crippen molar-refractivity contribution in [1.82, 2.24) is 0 Å². The van der Waals surface area contributed by atoms with Crippen LogP contribution in [-0.2, 0) is 25.7 Å². The van der Waals surface area contributed by atoms with Crippen LogP contribution in [0.3, 0.4) is 0 Å². The third-order valence-corrected chi connectivity index (χ3v) is 15.7. The number of unbranched alkanes of at least 4 members (excludes halogenated alkanes) is 4. The molecule has 0 atom stereocenters. The van der Waals surface area contributed by atoms with E-state index in [9.17, 15) is 0 Å². The van der Waals surface area contributed by atoms with Crippen molar-refractivity contribution in [2.45, 2.75) is 119 Å². The molecular formula is C72H72. The number of aryl methyl sites for hydroxylation is 6. The fourth-order valence-electron chi connectivity index (χ4n) is 11.1. The molecule has 0 unspecified atom stereocenters. The first-order valence-corrected chi connectivity index (χ1v) is 27.4. The lowest BCUT2D eigenvalue weighted by Crippen LogP contribution is -1.96. The van der Waals surface area contributed by atoms with E-state index in [-0.39, 0.29) is 0 Å². The van der Waals surface area contributed by atoms with Gasteiger partial charge < -0.3 is 0 Å². The van der Waals surface area contributed by atoms with Gasteiger partial charge in [0.2, 0.25) is 0 Å². The molecule has 360 valence electrons. The molecule has 0 heteroatoms. The van der Waals surface area contributed by atoms with E-state index < -0.39 is 0 Å². The van der Waals surface area contributed by atoms with Gasteiger partial charge in [0, 0.05) is 0 Å². The molecule has 0 heterocycles. The molecule has 0 aliphatic heterocycles. The maximum absolute atomic E-state index is 2.54. The first kappa shape index (κ1) is 48.6. The maximum atomic E-state index is 2.54. The molecule has 0 aromatic heterocycles. The lowest BCUT2D eigenvalue weighted by atomic mass is 9.92. The standard InChI is InChI=1S/C72H72/c1-7-11-15-63-45-69-59-35-23-53(24-36-59)51-19-31-57(32-20-51)67-43-49(5)50(6)44-68(67)58-33-21-52(22-34-58)54-25-37-60(38-26-54)70-46-64(16-12-8-2)66(18-14-10-4)48-72(70)62-41-29-56(30-42-62)55-27-39-61(40-28-55)71(69)47-65(63)17-13-9-3/h19-48H,7-18H2,1-6H3. The number of rotatable bonds is 12. The van der Waals surface area contributed by atoms with Gasteiger partial charge >= 0.3 is 0 Å². The summed E-state index contributed by atoms with van der Waals surface area (Å²) in [4.78, 5) is 0. The van der Waals surface area contributed by atoms with E-state index >= 15 is 0 Å². The van der Waals surface area contributed by atoms with Gasteiger partial charge in [0.25, 0.3) is 0 Å². The first-order chi connectivity index (χ1) is 35.3. The van der Waals surface area contributed by atoms with Crippen molar-refractivity contribution in [3.8, 4) is 0 Å². The molecule has 0 N–H and O–H groups in total. The summed E-state index contributed by atoms with van der Waals surface area (Å²) < 4.78 is 0. The van der Waals surface area contributed by atoms with E-state index in [2.05, 4.69) is 224 Å². The predicted octanol–water partition coefficient (Wildman–Crippen LogP) is 21.4. The third kappa shape index (κ3) is 10.3. The minimum absolute atomic E-state index is 1.12. The SMILES string of the molecule is CCCCc1cc2c3ccc(cc3)c3ccc(cc3)c3cc(C)c(C)cc3c3ccc(cc3)c3ccc(cc3)c3cc(CCCC)c(CCCC)cc3c3ccc(cc3)c3ccc(cc3)c2cc1CCCC. The fraction of sp³-hybridized carbons (Fsp3) is 0.250. The van der Waals surface area contributed by atoms with Crippen LogP contribution in [0.2, 0.25) is 0 Å². The van der Waals surface area contributed by atoms with E-state index in [1.807, 2.05) is 0 Å². The number of hydrogen-bond donors (Lipinski definition) is 0. The van der Waals surface area contributed by atoms with Crippen molar-refractivity contribution in [1.29, 1.82) is 0 Å². The summed E-state index contributed by atoms with van der Waals surface area (Å²) in [5, 5.41) is 22.7. The Morgan fingerprint density at radius 3 is 0.528 bits per heavy atom. The van der Waals surface area contributed by atoms with Gasteiger partial charge in [-0.3, -0.25) is 0 Å². The molecule has 0 aliphatic rings. The first-order valence-electron chi connectivity index (χ1n) is 27.4. The molecule has 0 fully saturated rings. The van der Waals surface area contributed by atoms with Gasteiger partial charge in [-0.25, -0.2) is 0 Å². The Kier molecular flexibility index (Phi) is 15.0. The zero-order valence-corrected chi connectivity index (χ0v) is 43.8. The Labute approximate surface area is 428 Å². The summed E-state index contributed by atoms with van der Waals surface area (Å²) in [6.07, 6.45) is 14.1. The number of benzene rings is 9.